The highest BCUT2D eigenvalue weighted by Crippen LogP contribution is 2.43. The molecule has 2 atom stereocenters. The van der Waals surface area contributed by atoms with E-state index >= 15 is 0 Å². The molecular weight excluding hydrogens is 731 g/mol. The van der Waals surface area contributed by atoms with Crippen LogP contribution in [0.1, 0.15) is 64.6 Å². The summed E-state index contributed by atoms with van der Waals surface area (Å²) in [5.74, 6) is -0.329. The molecule has 0 saturated carbocycles. The number of anilines is 1. The van der Waals surface area contributed by atoms with E-state index in [1.807, 2.05) is 75.4 Å². The van der Waals surface area contributed by atoms with Crippen LogP contribution in [0, 0.1) is 12.8 Å². The largest absolute Gasteiger partial charge is 0.489 e. The summed E-state index contributed by atoms with van der Waals surface area (Å²) >= 11 is 11.9. The number of amides is 2. The fourth-order valence-electron chi connectivity index (χ4n) is 5.46. The molecule has 0 aromatic heterocycles. The van der Waals surface area contributed by atoms with Gasteiger partial charge in [0.1, 0.15) is 31.2 Å². The average Bonchev–Trinajstić information content (AvgIpc) is 3.08. The predicted molar refractivity (Wildman–Crippen MR) is 223 cm³/mol. The van der Waals surface area contributed by atoms with E-state index < -0.39 is 33.6 Å². The second-order valence-corrected chi connectivity index (χ2v) is 19.7. The lowest BCUT2D eigenvalue weighted by Gasteiger charge is -2.42. The van der Waals surface area contributed by atoms with E-state index in [-0.39, 0.29) is 44.5 Å². The molecule has 1 unspecified atom stereocenters. The first kappa shape index (κ1) is 45.7. The molecule has 3 aromatic carbocycles. The molecule has 1 saturated heterocycles. The highest BCUT2D eigenvalue weighted by molar-refractivity contribution is 8.32. The van der Waals surface area contributed by atoms with Gasteiger partial charge in [-0.15, -0.1) is 0 Å². The SMILES string of the molecule is C=CCOc1ccc(C)cc1[C@@H]1C(C(=O)N(COCCS(C)(C)C)c2cccc(Cl)c2)CCC(=O)N1CC(=O)OC(C)(C)C.CC.Clc1ccccc1. The molecule has 1 fully saturated rings. The molecule has 0 radical (unpaired) electrons. The second kappa shape index (κ2) is 22.0. The highest BCUT2D eigenvalue weighted by Gasteiger charge is 2.45. The number of carbonyl (C=O) groups is 3. The van der Waals surface area contributed by atoms with Crippen LogP contribution in [0.2, 0.25) is 10.0 Å². The standard InChI is InChI=1S/C34H47ClN2O6S.C6H5Cl.C2H6/c1-9-17-42-29-15-13-24(2)20-28(29)32-27(14-16-30(38)36(32)22-31(39)43-34(3,4)5)33(40)37(23-41-18-19-44(6,7)8)26-12-10-11-25(35)21-26;7-6-4-2-1-3-5-6;1-2/h9-13,15,20-21,27,32H,1,14,16-19,22-23H2,2-8H3;1-5H;1-2H3/t27?,32-;;/m0../s1. The van der Waals surface area contributed by atoms with E-state index in [0.29, 0.717) is 28.6 Å². The van der Waals surface area contributed by atoms with Crippen molar-refractivity contribution in [2.45, 2.75) is 66.0 Å². The van der Waals surface area contributed by atoms with Crippen LogP contribution in [-0.2, 0) is 23.9 Å². The lowest BCUT2D eigenvalue weighted by atomic mass is 9.82. The fraction of sp³-hybridized carbons (Fsp3) is 0.452. The number of esters is 1. The van der Waals surface area contributed by atoms with E-state index in [1.54, 1.807) is 49.9 Å². The van der Waals surface area contributed by atoms with E-state index in [2.05, 4.69) is 25.3 Å². The topological polar surface area (TPSA) is 85.4 Å². The number of hydrogen-bond acceptors (Lipinski definition) is 6. The molecule has 0 spiro atoms. The molecule has 11 heteroatoms. The molecule has 4 rings (SSSR count). The molecule has 0 bridgehead atoms. The van der Waals surface area contributed by atoms with Crippen molar-refractivity contribution in [2.75, 3.05) is 55.9 Å². The summed E-state index contributed by atoms with van der Waals surface area (Å²) in [5.41, 5.74) is 1.42. The number of likely N-dealkylation sites (tertiary alicyclic amines) is 1. The number of hydrogen-bond donors (Lipinski definition) is 0. The number of rotatable bonds is 13. The molecule has 2 amide bonds. The monoisotopic (exact) mass is 788 g/mol. The summed E-state index contributed by atoms with van der Waals surface area (Å²) in [4.78, 5) is 44.4. The number of nitrogens with zero attached hydrogens (tertiary/aromatic N) is 2. The Morgan fingerprint density at radius 3 is 2.21 bits per heavy atom. The molecule has 292 valence electrons. The van der Waals surface area contributed by atoms with Gasteiger partial charge in [-0.2, -0.15) is 0 Å². The van der Waals surface area contributed by atoms with Gasteiger partial charge < -0.3 is 19.1 Å². The molecule has 0 N–H and O–H groups in total. The minimum atomic E-state index is -0.795. The van der Waals surface area contributed by atoms with Gasteiger partial charge in [-0.25, -0.2) is 10.0 Å². The molecule has 1 aliphatic heterocycles. The number of benzene rings is 3. The second-order valence-electron chi connectivity index (χ2n) is 14.2. The summed E-state index contributed by atoms with van der Waals surface area (Å²) in [5, 5.41) is 1.28. The Hall–Kier alpha value is -3.50. The number of carbonyl (C=O) groups excluding carboxylic acids is 3. The van der Waals surface area contributed by atoms with Crippen LogP contribution < -0.4 is 9.64 Å². The maximum atomic E-state index is 14.7. The van der Waals surface area contributed by atoms with Crippen molar-refractivity contribution in [1.29, 1.82) is 0 Å². The minimum Gasteiger partial charge on any atom is -0.489 e. The van der Waals surface area contributed by atoms with Crippen LogP contribution in [0.4, 0.5) is 5.69 Å². The van der Waals surface area contributed by atoms with E-state index in [1.165, 1.54) is 4.90 Å². The van der Waals surface area contributed by atoms with Crippen molar-refractivity contribution in [3.05, 3.63) is 107 Å². The quantitative estimate of drug-likeness (QED) is 0.0742. The van der Waals surface area contributed by atoms with Crippen molar-refractivity contribution in [3.8, 4) is 5.75 Å². The third kappa shape index (κ3) is 15.8. The van der Waals surface area contributed by atoms with Gasteiger partial charge in [0.25, 0.3) is 0 Å². The first-order valence-electron chi connectivity index (χ1n) is 17.9. The van der Waals surface area contributed by atoms with E-state index in [0.717, 1.165) is 16.3 Å². The van der Waals surface area contributed by atoms with E-state index in [4.69, 9.17) is 37.4 Å². The number of halogens is 2. The molecule has 8 nitrogen and oxygen atoms in total. The lowest BCUT2D eigenvalue weighted by molar-refractivity contribution is -0.163. The normalized spacial score (nSPS) is 15.9. The molecule has 53 heavy (non-hydrogen) atoms. The first-order valence-corrected chi connectivity index (χ1v) is 21.6. The third-order valence-corrected chi connectivity index (χ3v) is 9.64. The maximum Gasteiger partial charge on any atom is 0.326 e. The first-order chi connectivity index (χ1) is 25.0. The summed E-state index contributed by atoms with van der Waals surface area (Å²) in [6, 6.07) is 21.4. The van der Waals surface area contributed by atoms with Gasteiger partial charge in [0.2, 0.25) is 11.8 Å². The molecule has 0 aliphatic carbocycles. The third-order valence-electron chi connectivity index (χ3n) is 7.76. The number of ether oxygens (including phenoxy) is 3. The highest BCUT2D eigenvalue weighted by atomic mass is 35.5. The molecule has 1 heterocycles. The van der Waals surface area contributed by atoms with Crippen molar-refractivity contribution >= 4 is 56.7 Å². The van der Waals surface area contributed by atoms with Crippen LogP contribution in [0.15, 0.2) is 85.5 Å². The van der Waals surface area contributed by atoms with Gasteiger partial charge in [0.05, 0.1) is 18.6 Å². The Bertz CT molecular complexity index is 1620. The lowest BCUT2D eigenvalue weighted by Crippen LogP contribution is -2.51. The Kier molecular flexibility index (Phi) is 19.0. The Morgan fingerprint density at radius 1 is 0.981 bits per heavy atom. The van der Waals surface area contributed by atoms with Crippen LogP contribution in [0.25, 0.3) is 0 Å². The molecule has 1 aliphatic rings. The number of aryl methyl sites for hydroxylation is 1. The van der Waals surface area contributed by atoms with Crippen LogP contribution in [0.5, 0.6) is 5.75 Å². The molecule has 3 aromatic rings. The van der Waals surface area contributed by atoms with Crippen molar-refractivity contribution in [2.24, 2.45) is 5.92 Å². The fourth-order valence-corrected chi connectivity index (χ4v) is 6.41. The van der Waals surface area contributed by atoms with Gasteiger partial charge in [0, 0.05) is 33.5 Å². The van der Waals surface area contributed by atoms with Crippen molar-refractivity contribution in [1.82, 2.24) is 4.90 Å². The maximum absolute atomic E-state index is 14.7. The van der Waals surface area contributed by atoms with Gasteiger partial charge >= 0.3 is 5.97 Å². The summed E-state index contributed by atoms with van der Waals surface area (Å²) in [6.45, 7) is 15.5. The van der Waals surface area contributed by atoms with Gasteiger partial charge in [0.15, 0.2) is 0 Å². The smallest absolute Gasteiger partial charge is 0.326 e. The summed E-state index contributed by atoms with van der Waals surface area (Å²) < 4.78 is 17.7. The van der Waals surface area contributed by atoms with Crippen LogP contribution in [0.3, 0.4) is 0 Å². The zero-order chi connectivity index (χ0) is 39.8. The van der Waals surface area contributed by atoms with Crippen molar-refractivity contribution in [3.63, 3.8) is 0 Å². The van der Waals surface area contributed by atoms with Crippen LogP contribution >= 0.6 is 33.2 Å². The Labute approximate surface area is 329 Å². The summed E-state index contributed by atoms with van der Waals surface area (Å²) in [6.07, 6.45) is 8.66. The van der Waals surface area contributed by atoms with E-state index in [9.17, 15) is 14.4 Å². The van der Waals surface area contributed by atoms with Gasteiger partial charge in [-0.05, 0) is 89.3 Å². The number of piperidine rings is 1. The zero-order valence-corrected chi connectivity index (χ0v) is 35.2. The Morgan fingerprint density at radius 2 is 1.64 bits per heavy atom. The average molecular weight is 790 g/mol. The van der Waals surface area contributed by atoms with Crippen molar-refractivity contribution < 1.29 is 28.6 Å². The van der Waals surface area contributed by atoms with Gasteiger partial charge in [-0.3, -0.25) is 19.3 Å². The summed E-state index contributed by atoms with van der Waals surface area (Å²) in [7, 11) is -0.792. The molecular formula is C42H58Cl2N2O6S. The zero-order valence-electron chi connectivity index (χ0n) is 32.8. The predicted octanol–water partition coefficient (Wildman–Crippen LogP) is 9.90. The Balaban J connectivity index is 0.000000951. The van der Waals surface area contributed by atoms with Gasteiger partial charge in [-0.1, -0.05) is 91.7 Å². The minimum absolute atomic E-state index is 0.0194. The van der Waals surface area contributed by atoms with Crippen LogP contribution in [-0.4, -0.2) is 79.3 Å².